The second-order valence-corrected chi connectivity index (χ2v) is 2.14. The molecule has 4 N–H and O–H groups in total. The summed E-state index contributed by atoms with van der Waals surface area (Å²) in [5.41, 5.74) is 9.71. The largest absolute Gasteiger partial charge is 0.370 e. The van der Waals surface area contributed by atoms with E-state index in [1.807, 2.05) is 0 Å². The molecule has 10 heavy (non-hydrogen) atoms. The molecule has 0 spiro atoms. The standard InChI is InChI=1S/C6H12N2O2/c7-5(9)3-1-2-4-6(8)10/h1-4H2,(H2,7,9)(H2,8,10). The third kappa shape index (κ3) is 6.94. The molecule has 0 aliphatic heterocycles. The minimum absolute atomic E-state index is 0.329. The first kappa shape index (κ1) is 8.94. The number of hydrogen-bond acceptors (Lipinski definition) is 2. The van der Waals surface area contributed by atoms with Gasteiger partial charge in [-0.2, -0.15) is 0 Å². The van der Waals surface area contributed by atoms with Crippen LogP contribution in [0.15, 0.2) is 0 Å². The molecular weight excluding hydrogens is 132 g/mol. The van der Waals surface area contributed by atoms with Crippen molar-refractivity contribution in [2.24, 2.45) is 11.5 Å². The number of amides is 2. The lowest BCUT2D eigenvalue weighted by Gasteiger charge is -1.93. The van der Waals surface area contributed by atoms with E-state index in [9.17, 15) is 9.59 Å². The van der Waals surface area contributed by atoms with Crippen LogP contribution in [0, 0.1) is 0 Å². The van der Waals surface area contributed by atoms with Gasteiger partial charge in [-0.25, -0.2) is 0 Å². The molecule has 0 aliphatic rings. The van der Waals surface area contributed by atoms with Gasteiger partial charge in [-0.15, -0.1) is 0 Å². The Hall–Kier alpha value is -1.06. The van der Waals surface area contributed by atoms with Crippen LogP contribution in [0.25, 0.3) is 0 Å². The lowest BCUT2D eigenvalue weighted by Crippen LogP contribution is -2.12. The quantitative estimate of drug-likeness (QED) is 0.510. The topological polar surface area (TPSA) is 86.2 Å². The van der Waals surface area contributed by atoms with E-state index in [1.54, 1.807) is 0 Å². The summed E-state index contributed by atoms with van der Waals surface area (Å²) in [5, 5.41) is 0. The molecule has 0 heterocycles. The molecule has 4 heteroatoms. The van der Waals surface area contributed by atoms with E-state index in [2.05, 4.69) is 0 Å². The van der Waals surface area contributed by atoms with E-state index in [0.29, 0.717) is 25.7 Å². The maximum Gasteiger partial charge on any atom is 0.217 e. The number of rotatable bonds is 5. The molecule has 0 atom stereocenters. The molecule has 2 amide bonds. The summed E-state index contributed by atoms with van der Waals surface area (Å²) in [6.45, 7) is 0. The van der Waals surface area contributed by atoms with Crippen molar-refractivity contribution in [2.45, 2.75) is 25.7 Å². The third-order valence-electron chi connectivity index (χ3n) is 1.10. The first-order valence-corrected chi connectivity index (χ1v) is 3.19. The molecule has 0 saturated carbocycles. The zero-order valence-electron chi connectivity index (χ0n) is 5.80. The van der Waals surface area contributed by atoms with Crippen molar-refractivity contribution < 1.29 is 9.59 Å². The van der Waals surface area contributed by atoms with Crippen LogP contribution in [-0.4, -0.2) is 11.8 Å². The maximum absolute atomic E-state index is 10.2. The van der Waals surface area contributed by atoms with Crippen molar-refractivity contribution in [3.05, 3.63) is 0 Å². The number of primary amides is 2. The van der Waals surface area contributed by atoms with Crippen LogP contribution in [0.1, 0.15) is 25.7 Å². The summed E-state index contributed by atoms with van der Waals surface area (Å²) in [4.78, 5) is 20.3. The van der Waals surface area contributed by atoms with Crippen molar-refractivity contribution in [3.8, 4) is 0 Å². The maximum atomic E-state index is 10.2. The predicted molar refractivity (Wildman–Crippen MR) is 36.9 cm³/mol. The predicted octanol–water partition coefficient (Wildman–Crippen LogP) is -0.483. The zero-order chi connectivity index (χ0) is 7.98. The summed E-state index contributed by atoms with van der Waals surface area (Å²) in [5.74, 6) is -0.658. The van der Waals surface area contributed by atoms with Crippen LogP contribution >= 0.6 is 0 Å². The Bertz CT molecular complexity index is 118. The van der Waals surface area contributed by atoms with E-state index in [0.717, 1.165) is 0 Å². The Morgan fingerprint density at radius 1 is 0.900 bits per heavy atom. The lowest BCUT2D eigenvalue weighted by atomic mass is 10.2. The van der Waals surface area contributed by atoms with E-state index in [1.165, 1.54) is 0 Å². The summed E-state index contributed by atoms with van der Waals surface area (Å²) >= 11 is 0. The second kappa shape index (κ2) is 4.78. The van der Waals surface area contributed by atoms with Crippen molar-refractivity contribution in [1.29, 1.82) is 0 Å². The highest BCUT2D eigenvalue weighted by Gasteiger charge is 1.96. The van der Waals surface area contributed by atoms with Gasteiger partial charge >= 0.3 is 0 Å². The molecule has 0 aromatic heterocycles. The van der Waals surface area contributed by atoms with Gasteiger partial charge in [0.1, 0.15) is 0 Å². The highest BCUT2D eigenvalue weighted by molar-refractivity contribution is 5.74. The van der Waals surface area contributed by atoms with Crippen LogP contribution in [0.2, 0.25) is 0 Å². The van der Waals surface area contributed by atoms with Gasteiger partial charge in [0.2, 0.25) is 11.8 Å². The number of carbonyl (C=O) groups is 2. The molecule has 4 nitrogen and oxygen atoms in total. The van der Waals surface area contributed by atoms with E-state index in [4.69, 9.17) is 11.5 Å². The number of carbonyl (C=O) groups excluding carboxylic acids is 2. The smallest absolute Gasteiger partial charge is 0.217 e. The van der Waals surface area contributed by atoms with Crippen LogP contribution in [-0.2, 0) is 9.59 Å². The molecule has 0 radical (unpaired) electrons. The summed E-state index contributed by atoms with van der Waals surface area (Å²) < 4.78 is 0. The number of hydrogen-bond donors (Lipinski definition) is 2. The minimum atomic E-state index is -0.329. The Morgan fingerprint density at radius 2 is 1.20 bits per heavy atom. The fourth-order valence-electron chi connectivity index (χ4n) is 0.598. The Labute approximate surface area is 59.6 Å². The molecular formula is C6H12N2O2. The molecule has 0 aromatic rings. The van der Waals surface area contributed by atoms with Crippen LogP contribution in [0.4, 0.5) is 0 Å². The van der Waals surface area contributed by atoms with E-state index in [-0.39, 0.29) is 11.8 Å². The summed E-state index contributed by atoms with van der Waals surface area (Å²) in [7, 11) is 0. The van der Waals surface area contributed by atoms with Gasteiger partial charge in [0, 0.05) is 12.8 Å². The monoisotopic (exact) mass is 144 g/mol. The van der Waals surface area contributed by atoms with Crippen molar-refractivity contribution in [2.75, 3.05) is 0 Å². The normalized spacial score (nSPS) is 9.20. The Balaban J connectivity index is 3.06. The first-order valence-electron chi connectivity index (χ1n) is 3.19. The summed E-state index contributed by atoms with van der Waals surface area (Å²) in [6, 6.07) is 0. The van der Waals surface area contributed by atoms with Gasteiger partial charge in [-0.1, -0.05) is 0 Å². The number of unbranched alkanes of at least 4 members (excludes halogenated alkanes) is 1. The fourth-order valence-corrected chi connectivity index (χ4v) is 0.598. The lowest BCUT2D eigenvalue weighted by molar-refractivity contribution is -0.119. The summed E-state index contributed by atoms with van der Waals surface area (Å²) in [6.07, 6.45) is 1.98. The van der Waals surface area contributed by atoms with Gasteiger partial charge in [-0.05, 0) is 12.8 Å². The van der Waals surface area contributed by atoms with Gasteiger partial charge < -0.3 is 11.5 Å². The molecule has 0 saturated heterocycles. The van der Waals surface area contributed by atoms with E-state index >= 15 is 0 Å². The third-order valence-corrected chi connectivity index (χ3v) is 1.10. The molecule has 0 unspecified atom stereocenters. The van der Waals surface area contributed by atoms with Gasteiger partial charge in [-0.3, -0.25) is 9.59 Å². The minimum Gasteiger partial charge on any atom is -0.370 e. The van der Waals surface area contributed by atoms with Crippen LogP contribution in [0.5, 0.6) is 0 Å². The van der Waals surface area contributed by atoms with Crippen LogP contribution < -0.4 is 11.5 Å². The molecule has 0 aliphatic carbocycles. The molecule has 58 valence electrons. The first-order chi connectivity index (χ1) is 4.63. The second-order valence-electron chi connectivity index (χ2n) is 2.14. The van der Waals surface area contributed by atoms with Gasteiger partial charge in [0.25, 0.3) is 0 Å². The van der Waals surface area contributed by atoms with Gasteiger partial charge in [0.15, 0.2) is 0 Å². The zero-order valence-corrected chi connectivity index (χ0v) is 5.80. The van der Waals surface area contributed by atoms with E-state index < -0.39 is 0 Å². The van der Waals surface area contributed by atoms with Crippen molar-refractivity contribution in [1.82, 2.24) is 0 Å². The SMILES string of the molecule is NC(=O)CCCCC(N)=O. The van der Waals surface area contributed by atoms with Crippen molar-refractivity contribution >= 4 is 11.8 Å². The Kier molecular flexibility index (Phi) is 4.28. The highest BCUT2D eigenvalue weighted by atomic mass is 16.1. The average molecular weight is 144 g/mol. The highest BCUT2D eigenvalue weighted by Crippen LogP contribution is 1.97. The molecule has 0 aromatic carbocycles. The molecule has 0 bridgehead atoms. The number of nitrogens with two attached hydrogens (primary N) is 2. The van der Waals surface area contributed by atoms with Crippen molar-refractivity contribution in [3.63, 3.8) is 0 Å². The fraction of sp³-hybridized carbons (Fsp3) is 0.667. The molecule has 0 fully saturated rings. The molecule has 0 rings (SSSR count). The van der Waals surface area contributed by atoms with Gasteiger partial charge in [0.05, 0.1) is 0 Å². The Morgan fingerprint density at radius 3 is 1.40 bits per heavy atom. The average Bonchev–Trinajstić information content (AvgIpc) is 1.79. The van der Waals surface area contributed by atoms with Crippen LogP contribution in [0.3, 0.4) is 0 Å².